The van der Waals surface area contributed by atoms with Gasteiger partial charge in [-0.15, -0.1) is 0 Å². The SMILES string of the molecule is CCc1nc2ccccc2c(C(=O)OCC(=O)NC(C)(C)C)c1C. The Balaban J connectivity index is 2.29. The monoisotopic (exact) mass is 328 g/mol. The minimum absolute atomic E-state index is 0.298. The number of pyridine rings is 1. The molecule has 0 aliphatic carbocycles. The van der Waals surface area contributed by atoms with E-state index >= 15 is 0 Å². The van der Waals surface area contributed by atoms with E-state index in [9.17, 15) is 9.59 Å². The Morgan fingerprint density at radius 2 is 1.88 bits per heavy atom. The molecule has 24 heavy (non-hydrogen) atoms. The van der Waals surface area contributed by atoms with Crippen LogP contribution in [0.3, 0.4) is 0 Å². The molecular weight excluding hydrogens is 304 g/mol. The summed E-state index contributed by atoms with van der Waals surface area (Å²) in [7, 11) is 0. The molecule has 0 radical (unpaired) electrons. The zero-order valence-corrected chi connectivity index (χ0v) is 14.9. The third-order valence-corrected chi connectivity index (χ3v) is 3.62. The predicted molar refractivity (Wildman–Crippen MR) is 94.0 cm³/mol. The number of esters is 1. The fourth-order valence-electron chi connectivity index (χ4n) is 2.62. The summed E-state index contributed by atoms with van der Waals surface area (Å²) in [5, 5.41) is 3.52. The van der Waals surface area contributed by atoms with Crippen molar-refractivity contribution in [3.63, 3.8) is 0 Å². The Hall–Kier alpha value is -2.43. The zero-order chi connectivity index (χ0) is 17.9. The standard InChI is InChI=1S/C19H24N2O3/c1-6-14-12(2)17(13-9-7-8-10-15(13)20-14)18(23)24-11-16(22)21-19(3,4)5/h7-10H,6,11H2,1-5H3,(H,21,22). The van der Waals surface area contributed by atoms with Crippen molar-refractivity contribution in [1.82, 2.24) is 10.3 Å². The summed E-state index contributed by atoms with van der Waals surface area (Å²) >= 11 is 0. The van der Waals surface area contributed by atoms with Crippen molar-refractivity contribution in [2.75, 3.05) is 6.61 Å². The number of rotatable bonds is 4. The van der Waals surface area contributed by atoms with Gasteiger partial charge in [0.15, 0.2) is 6.61 Å². The van der Waals surface area contributed by atoms with Gasteiger partial charge in [0.1, 0.15) is 0 Å². The van der Waals surface area contributed by atoms with Crippen LogP contribution in [-0.4, -0.2) is 29.0 Å². The van der Waals surface area contributed by atoms with E-state index in [4.69, 9.17) is 4.74 Å². The molecule has 0 fully saturated rings. The minimum Gasteiger partial charge on any atom is -0.452 e. The second-order valence-corrected chi connectivity index (χ2v) is 6.80. The molecule has 0 aliphatic heterocycles. The highest BCUT2D eigenvalue weighted by Crippen LogP contribution is 2.24. The predicted octanol–water partition coefficient (Wildman–Crippen LogP) is 3.18. The summed E-state index contributed by atoms with van der Waals surface area (Å²) in [5.41, 5.74) is 2.54. The van der Waals surface area contributed by atoms with Crippen molar-refractivity contribution in [3.05, 3.63) is 41.1 Å². The second-order valence-electron chi connectivity index (χ2n) is 6.80. The first-order valence-electron chi connectivity index (χ1n) is 8.09. The molecule has 0 unspecified atom stereocenters. The van der Waals surface area contributed by atoms with Crippen molar-refractivity contribution in [3.8, 4) is 0 Å². The summed E-state index contributed by atoms with van der Waals surface area (Å²) < 4.78 is 5.25. The number of carbonyl (C=O) groups excluding carboxylic acids is 2. The summed E-state index contributed by atoms with van der Waals surface area (Å²) in [4.78, 5) is 29.0. The van der Waals surface area contributed by atoms with E-state index in [1.807, 2.05) is 58.9 Å². The lowest BCUT2D eigenvalue weighted by Gasteiger charge is -2.20. The Morgan fingerprint density at radius 3 is 2.50 bits per heavy atom. The number of aromatic nitrogens is 1. The topological polar surface area (TPSA) is 68.3 Å². The molecule has 1 aromatic carbocycles. The van der Waals surface area contributed by atoms with E-state index in [2.05, 4.69) is 10.3 Å². The van der Waals surface area contributed by atoms with Gasteiger partial charge in [-0.1, -0.05) is 25.1 Å². The van der Waals surface area contributed by atoms with Gasteiger partial charge >= 0.3 is 5.97 Å². The third-order valence-electron chi connectivity index (χ3n) is 3.62. The maximum atomic E-state index is 12.6. The van der Waals surface area contributed by atoms with Gasteiger partial charge in [-0.05, 0) is 45.7 Å². The molecule has 0 spiro atoms. The van der Waals surface area contributed by atoms with Crippen molar-refractivity contribution >= 4 is 22.8 Å². The van der Waals surface area contributed by atoms with Crippen LogP contribution < -0.4 is 5.32 Å². The number of amides is 1. The number of nitrogens with one attached hydrogen (secondary N) is 1. The van der Waals surface area contributed by atoms with Crippen molar-refractivity contribution in [2.45, 2.75) is 46.6 Å². The minimum atomic E-state index is -0.496. The lowest BCUT2D eigenvalue weighted by atomic mass is 10.0. The molecule has 0 atom stereocenters. The van der Waals surface area contributed by atoms with Gasteiger partial charge in [0, 0.05) is 16.6 Å². The summed E-state index contributed by atoms with van der Waals surface area (Å²) in [6.07, 6.45) is 0.724. The largest absolute Gasteiger partial charge is 0.452 e. The van der Waals surface area contributed by atoms with Crippen LogP contribution in [0.15, 0.2) is 24.3 Å². The number of hydrogen-bond donors (Lipinski definition) is 1. The van der Waals surface area contributed by atoms with Crippen LogP contribution in [0.5, 0.6) is 0 Å². The molecular formula is C19H24N2O3. The van der Waals surface area contributed by atoms with Crippen molar-refractivity contribution in [1.29, 1.82) is 0 Å². The highest BCUT2D eigenvalue weighted by atomic mass is 16.5. The Bertz CT molecular complexity index is 776. The fraction of sp³-hybridized carbons (Fsp3) is 0.421. The summed E-state index contributed by atoms with van der Waals surface area (Å²) in [6, 6.07) is 7.46. The maximum Gasteiger partial charge on any atom is 0.339 e. The van der Waals surface area contributed by atoms with Crippen molar-refractivity contribution < 1.29 is 14.3 Å². The normalized spacial score (nSPS) is 11.4. The molecule has 5 nitrogen and oxygen atoms in total. The van der Waals surface area contributed by atoms with E-state index in [-0.39, 0.29) is 18.1 Å². The molecule has 1 amide bonds. The zero-order valence-electron chi connectivity index (χ0n) is 14.9. The van der Waals surface area contributed by atoms with Crippen LogP contribution in [0.2, 0.25) is 0 Å². The van der Waals surface area contributed by atoms with Crippen LogP contribution >= 0.6 is 0 Å². The molecule has 0 saturated carbocycles. The number of nitrogens with zero attached hydrogens (tertiary/aromatic N) is 1. The number of hydrogen-bond acceptors (Lipinski definition) is 4. The summed E-state index contributed by atoms with van der Waals surface area (Å²) in [6.45, 7) is 9.19. The number of benzene rings is 1. The van der Waals surface area contributed by atoms with E-state index in [0.29, 0.717) is 5.56 Å². The van der Waals surface area contributed by atoms with E-state index in [1.165, 1.54) is 0 Å². The van der Waals surface area contributed by atoms with E-state index < -0.39 is 5.97 Å². The molecule has 1 N–H and O–H groups in total. The highest BCUT2D eigenvalue weighted by Gasteiger charge is 2.20. The highest BCUT2D eigenvalue weighted by molar-refractivity contribution is 6.05. The molecule has 0 aliphatic rings. The first kappa shape index (κ1) is 17.9. The lowest BCUT2D eigenvalue weighted by Crippen LogP contribution is -2.42. The molecule has 0 saturated heterocycles. The Labute approximate surface area is 142 Å². The van der Waals surface area contributed by atoms with Crippen molar-refractivity contribution in [2.24, 2.45) is 0 Å². The van der Waals surface area contributed by atoms with E-state index in [1.54, 1.807) is 0 Å². The van der Waals surface area contributed by atoms with Gasteiger partial charge < -0.3 is 10.1 Å². The molecule has 5 heteroatoms. The Morgan fingerprint density at radius 1 is 1.21 bits per heavy atom. The smallest absolute Gasteiger partial charge is 0.339 e. The lowest BCUT2D eigenvalue weighted by molar-refractivity contribution is -0.125. The number of para-hydroxylation sites is 1. The van der Waals surface area contributed by atoms with Gasteiger partial charge in [0.05, 0.1) is 11.1 Å². The maximum absolute atomic E-state index is 12.6. The molecule has 2 rings (SSSR count). The number of carbonyl (C=O) groups is 2. The number of aryl methyl sites for hydroxylation is 1. The van der Waals surface area contributed by atoms with Gasteiger partial charge in [0.2, 0.25) is 0 Å². The number of ether oxygens (including phenoxy) is 1. The van der Waals surface area contributed by atoms with Gasteiger partial charge in [-0.2, -0.15) is 0 Å². The van der Waals surface area contributed by atoms with Gasteiger partial charge in [0.25, 0.3) is 5.91 Å². The van der Waals surface area contributed by atoms with Crippen LogP contribution in [-0.2, 0) is 16.0 Å². The van der Waals surface area contributed by atoms with Crippen LogP contribution in [0.25, 0.3) is 10.9 Å². The second kappa shape index (κ2) is 6.99. The van der Waals surface area contributed by atoms with Gasteiger partial charge in [-0.3, -0.25) is 9.78 Å². The molecule has 128 valence electrons. The molecule has 2 aromatic rings. The fourth-order valence-corrected chi connectivity index (χ4v) is 2.62. The van der Waals surface area contributed by atoms with Crippen LogP contribution in [0.1, 0.15) is 49.3 Å². The summed E-state index contributed by atoms with van der Waals surface area (Å²) in [5.74, 6) is -0.813. The number of fused-ring (bicyclic) bond motifs is 1. The first-order valence-corrected chi connectivity index (χ1v) is 8.09. The van der Waals surface area contributed by atoms with Crippen LogP contribution in [0, 0.1) is 6.92 Å². The molecule has 1 heterocycles. The molecule has 0 bridgehead atoms. The third kappa shape index (κ3) is 4.10. The molecule has 1 aromatic heterocycles. The van der Waals surface area contributed by atoms with Gasteiger partial charge in [-0.25, -0.2) is 4.79 Å². The Kier molecular flexibility index (Phi) is 5.22. The van der Waals surface area contributed by atoms with E-state index in [0.717, 1.165) is 28.6 Å². The quantitative estimate of drug-likeness (QED) is 0.875. The average molecular weight is 328 g/mol. The van der Waals surface area contributed by atoms with Crippen LogP contribution in [0.4, 0.5) is 0 Å². The average Bonchev–Trinajstić information content (AvgIpc) is 2.50. The first-order chi connectivity index (χ1) is 11.2.